The van der Waals surface area contributed by atoms with Crippen molar-refractivity contribution >= 4 is 28.1 Å². The maximum atomic E-state index is 13.3. The predicted molar refractivity (Wildman–Crippen MR) is 105 cm³/mol. The summed E-state index contributed by atoms with van der Waals surface area (Å²) in [5.41, 5.74) is 4.18. The van der Waals surface area contributed by atoms with E-state index in [1.54, 1.807) is 24.4 Å². The van der Waals surface area contributed by atoms with Gasteiger partial charge in [0.05, 0.1) is 18.3 Å². The van der Waals surface area contributed by atoms with Crippen LogP contribution in [-0.2, 0) is 6.42 Å². The van der Waals surface area contributed by atoms with E-state index in [1.807, 2.05) is 26.0 Å². The van der Waals surface area contributed by atoms with Crippen LogP contribution in [0.5, 0.6) is 0 Å². The SMILES string of the molecule is C=Cc1[nH]c2c(c1/C=C\C)C[C@@H](C)N(CC(F)(F)F)[C@@H]2c1ccc(Br)cn1. The number of H-pyrrole nitrogens is 1. The zero-order valence-corrected chi connectivity index (χ0v) is 16.7. The topological polar surface area (TPSA) is 31.9 Å². The Labute approximate surface area is 165 Å². The molecule has 0 spiro atoms. The van der Waals surface area contributed by atoms with Crippen molar-refractivity contribution in [2.24, 2.45) is 0 Å². The zero-order valence-electron chi connectivity index (χ0n) is 15.1. The Hall–Kier alpha value is -1.86. The smallest absolute Gasteiger partial charge is 0.357 e. The van der Waals surface area contributed by atoms with Gasteiger partial charge >= 0.3 is 6.18 Å². The summed E-state index contributed by atoms with van der Waals surface area (Å²) in [7, 11) is 0. The third-order valence-electron chi connectivity index (χ3n) is 4.81. The van der Waals surface area contributed by atoms with Crippen molar-refractivity contribution in [2.75, 3.05) is 6.54 Å². The summed E-state index contributed by atoms with van der Waals surface area (Å²) in [5, 5.41) is 0. The van der Waals surface area contributed by atoms with Crippen LogP contribution in [-0.4, -0.2) is 33.6 Å². The lowest BCUT2D eigenvalue weighted by atomic mass is 9.89. The molecule has 0 unspecified atom stereocenters. The number of aromatic nitrogens is 2. The number of fused-ring (bicyclic) bond motifs is 1. The molecule has 3 heterocycles. The van der Waals surface area contributed by atoms with Crippen molar-refractivity contribution in [1.82, 2.24) is 14.9 Å². The second-order valence-electron chi connectivity index (χ2n) is 6.69. The molecular formula is C20H21BrF3N3. The second kappa shape index (κ2) is 7.64. The fourth-order valence-electron chi connectivity index (χ4n) is 3.72. The average Bonchev–Trinajstić information content (AvgIpc) is 2.93. The van der Waals surface area contributed by atoms with E-state index >= 15 is 0 Å². The first-order valence-corrected chi connectivity index (χ1v) is 9.48. The highest BCUT2D eigenvalue weighted by Crippen LogP contribution is 2.41. The molecule has 7 heteroatoms. The van der Waals surface area contributed by atoms with Crippen molar-refractivity contribution < 1.29 is 13.2 Å². The molecule has 144 valence electrons. The molecule has 0 saturated carbocycles. The molecule has 0 saturated heterocycles. The lowest BCUT2D eigenvalue weighted by molar-refractivity contribution is -0.155. The summed E-state index contributed by atoms with van der Waals surface area (Å²) < 4.78 is 40.7. The third kappa shape index (κ3) is 4.04. The Morgan fingerprint density at radius 3 is 2.70 bits per heavy atom. The molecule has 1 aliphatic heterocycles. The van der Waals surface area contributed by atoms with Gasteiger partial charge in [-0.25, -0.2) is 0 Å². The van der Waals surface area contributed by atoms with Crippen LogP contribution in [0.2, 0.25) is 0 Å². The molecule has 3 rings (SSSR count). The summed E-state index contributed by atoms with van der Waals surface area (Å²) in [6.45, 7) is 6.61. The van der Waals surface area contributed by atoms with E-state index in [9.17, 15) is 13.2 Å². The molecule has 1 aliphatic rings. The lowest BCUT2D eigenvalue weighted by Gasteiger charge is -2.40. The number of hydrogen-bond acceptors (Lipinski definition) is 2. The minimum atomic E-state index is -4.29. The highest BCUT2D eigenvalue weighted by atomic mass is 79.9. The first kappa shape index (κ1) is 19.9. The van der Waals surface area contributed by atoms with Crippen molar-refractivity contribution in [1.29, 1.82) is 0 Å². The number of pyridine rings is 1. The molecule has 0 aromatic carbocycles. The van der Waals surface area contributed by atoms with E-state index < -0.39 is 18.8 Å². The van der Waals surface area contributed by atoms with E-state index in [4.69, 9.17) is 0 Å². The molecule has 0 radical (unpaired) electrons. The molecule has 0 bridgehead atoms. The van der Waals surface area contributed by atoms with Gasteiger partial charge in [-0.3, -0.25) is 9.88 Å². The van der Waals surface area contributed by atoms with Crippen molar-refractivity contribution in [3.8, 4) is 0 Å². The largest absolute Gasteiger partial charge is 0.401 e. The van der Waals surface area contributed by atoms with Gasteiger partial charge in [-0.15, -0.1) is 0 Å². The van der Waals surface area contributed by atoms with E-state index in [0.717, 1.165) is 27.0 Å². The van der Waals surface area contributed by atoms with Gasteiger partial charge in [-0.05, 0) is 60.0 Å². The fourth-order valence-corrected chi connectivity index (χ4v) is 3.96. The van der Waals surface area contributed by atoms with Crippen molar-refractivity contribution in [2.45, 2.75) is 38.5 Å². The van der Waals surface area contributed by atoms with Gasteiger partial charge in [-0.2, -0.15) is 13.2 Å². The Bertz CT molecular complexity index is 853. The first-order chi connectivity index (χ1) is 12.7. The van der Waals surface area contributed by atoms with E-state index in [-0.39, 0.29) is 6.04 Å². The molecule has 0 amide bonds. The second-order valence-corrected chi connectivity index (χ2v) is 7.61. The summed E-state index contributed by atoms with van der Waals surface area (Å²) in [4.78, 5) is 9.19. The van der Waals surface area contributed by atoms with Crippen LogP contribution in [0.15, 0.2) is 35.5 Å². The Morgan fingerprint density at radius 1 is 1.41 bits per heavy atom. The third-order valence-corrected chi connectivity index (χ3v) is 5.28. The van der Waals surface area contributed by atoms with Gasteiger partial charge in [0.15, 0.2) is 0 Å². The number of aromatic amines is 1. The van der Waals surface area contributed by atoms with E-state index in [0.29, 0.717) is 12.1 Å². The minimum absolute atomic E-state index is 0.285. The summed E-state index contributed by atoms with van der Waals surface area (Å²) in [5.74, 6) is 0. The number of allylic oxidation sites excluding steroid dienone is 1. The fraction of sp³-hybridized carbons (Fsp3) is 0.350. The van der Waals surface area contributed by atoms with Crippen molar-refractivity contribution in [3.05, 3.63) is 63.7 Å². The van der Waals surface area contributed by atoms with Crippen LogP contribution in [0.1, 0.15) is 48.1 Å². The molecule has 2 aromatic rings. The number of hydrogen-bond donors (Lipinski definition) is 1. The van der Waals surface area contributed by atoms with Crippen LogP contribution in [0.3, 0.4) is 0 Å². The monoisotopic (exact) mass is 439 g/mol. The standard InChI is InChI=1S/C20H21BrF3N3/c1-4-6-14-15-9-12(3)27(11-20(22,23)24)19(18(15)26-16(14)5-2)17-8-7-13(21)10-25-17/h4-8,10,12,19,26H,2,9,11H2,1,3H3/b6-4-/t12-,19-/m1/s1. The average molecular weight is 440 g/mol. The molecule has 3 nitrogen and oxygen atoms in total. The maximum absolute atomic E-state index is 13.3. The lowest BCUT2D eigenvalue weighted by Crippen LogP contribution is -2.47. The highest BCUT2D eigenvalue weighted by Gasteiger charge is 2.42. The first-order valence-electron chi connectivity index (χ1n) is 8.69. The van der Waals surface area contributed by atoms with Crippen LogP contribution in [0.25, 0.3) is 12.2 Å². The van der Waals surface area contributed by atoms with Crippen molar-refractivity contribution in [3.63, 3.8) is 0 Å². The van der Waals surface area contributed by atoms with Crippen LogP contribution in [0, 0.1) is 0 Å². The van der Waals surface area contributed by atoms with Gasteiger partial charge in [-0.1, -0.05) is 18.7 Å². The summed E-state index contributed by atoms with van der Waals surface area (Å²) in [6, 6.07) is 2.68. The van der Waals surface area contributed by atoms with Gasteiger partial charge < -0.3 is 4.98 Å². The normalized spacial score (nSPS) is 20.8. The van der Waals surface area contributed by atoms with Gasteiger partial charge in [0.2, 0.25) is 0 Å². The Kier molecular flexibility index (Phi) is 5.63. The zero-order chi connectivity index (χ0) is 19.8. The molecule has 27 heavy (non-hydrogen) atoms. The molecule has 1 N–H and O–H groups in total. The maximum Gasteiger partial charge on any atom is 0.401 e. The van der Waals surface area contributed by atoms with E-state index in [1.165, 1.54) is 4.90 Å². The molecule has 2 atom stereocenters. The van der Waals surface area contributed by atoms with E-state index in [2.05, 4.69) is 32.5 Å². The minimum Gasteiger partial charge on any atom is -0.357 e. The van der Waals surface area contributed by atoms with Crippen LogP contribution in [0.4, 0.5) is 13.2 Å². The van der Waals surface area contributed by atoms with Gasteiger partial charge in [0.25, 0.3) is 0 Å². The molecule has 0 fully saturated rings. The van der Waals surface area contributed by atoms with Gasteiger partial charge in [0, 0.05) is 33.7 Å². The number of halogens is 4. The molecular weight excluding hydrogens is 419 g/mol. The molecule has 2 aromatic heterocycles. The number of nitrogens with zero attached hydrogens (tertiary/aromatic N) is 2. The Balaban J connectivity index is 2.19. The number of alkyl halides is 3. The van der Waals surface area contributed by atoms with Gasteiger partial charge in [0.1, 0.15) is 0 Å². The van der Waals surface area contributed by atoms with Crippen LogP contribution < -0.4 is 0 Å². The highest BCUT2D eigenvalue weighted by molar-refractivity contribution is 9.10. The summed E-state index contributed by atoms with van der Waals surface area (Å²) in [6.07, 6.45) is 3.46. The quantitative estimate of drug-likeness (QED) is 0.657. The number of rotatable bonds is 4. The summed E-state index contributed by atoms with van der Waals surface area (Å²) >= 11 is 3.34. The Morgan fingerprint density at radius 2 is 2.15 bits per heavy atom. The predicted octanol–water partition coefficient (Wildman–Crippen LogP) is 5.75. The molecule has 0 aliphatic carbocycles. The number of nitrogens with one attached hydrogen (secondary N) is 1. The van der Waals surface area contributed by atoms with Crippen LogP contribution >= 0.6 is 15.9 Å².